The van der Waals surface area contributed by atoms with E-state index in [1.807, 2.05) is 70.2 Å². The van der Waals surface area contributed by atoms with Crippen LogP contribution < -0.4 is 5.32 Å². The average Bonchev–Trinajstić information content (AvgIpc) is 3.16. The summed E-state index contributed by atoms with van der Waals surface area (Å²) in [5.74, 6) is 0.322. The van der Waals surface area contributed by atoms with E-state index in [1.165, 1.54) is 0 Å². The number of carbonyl (C=O) groups is 1. The van der Waals surface area contributed by atoms with Crippen molar-refractivity contribution in [2.45, 2.75) is 27.7 Å². The lowest BCUT2D eigenvalue weighted by Gasteiger charge is -2.10. The number of rotatable bonds is 4. The summed E-state index contributed by atoms with van der Waals surface area (Å²) in [4.78, 5) is 17.6. The van der Waals surface area contributed by atoms with Crippen LogP contribution in [0, 0.1) is 27.7 Å². The quantitative estimate of drug-likeness (QED) is 0.427. The topological polar surface area (TPSA) is 59.8 Å². The van der Waals surface area contributed by atoms with Crippen molar-refractivity contribution in [3.8, 4) is 17.1 Å². The van der Waals surface area contributed by atoms with E-state index >= 15 is 0 Å². The van der Waals surface area contributed by atoms with Crippen molar-refractivity contribution < 1.29 is 4.79 Å². The molecule has 0 radical (unpaired) electrons. The van der Waals surface area contributed by atoms with Gasteiger partial charge in [0.15, 0.2) is 5.82 Å². The molecule has 6 heteroatoms. The minimum atomic E-state index is -0.386. The maximum atomic E-state index is 13.0. The van der Waals surface area contributed by atoms with E-state index < -0.39 is 0 Å². The van der Waals surface area contributed by atoms with Crippen LogP contribution in [0.15, 0.2) is 60.7 Å². The first-order valence-corrected chi connectivity index (χ1v) is 10.4. The van der Waals surface area contributed by atoms with Gasteiger partial charge in [-0.2, -0.15) is 0 Å². The molecule has 0 aliphatic rings. The SMILES string of the molecule is Cc1cccc(-c2nc(C(=O)Nc3cc(Cl)ccc3C)nn2-c2ccc(C)cc2C)c1. The van der Waals surface area contributed by atoms with E-state index in [0.29, 0.717) is 16.5 Å². The molecule has 156 valence electrons. The third-order valence-corrected chi connectivity index (χ3v) is 5.35. The number of aryl methyl sites for hydroxylation is 4. The highest BCUT2D eigenvalue weighted by molar-refractivity contribution is 6.31. The summed E-state index contributed by atoms with van der Waals surface area (Å²) < 4.78 is 1.74. The van der Waals surface area contributed by atoms with Gasteiger partial charge in [0.05, 0.1) is 5.69 Å². The van der Waals surface area contributed by atoms with E-state index in [0.717, 1.165) is 33.5 Å². The minimum Gasteiger partial charge on any atom is -0.319 e. The van der Waals surface area contributed by atoms with Crippen molar-refractivity contribution in [3.05, 3.63) is 93.8 Å². The van der Waals surface area contributed by atoms with Gasteiger partial charge < -0.3 is 5.32 Å². The number of hydrogen-bond acceptors (Lipinski definition) is 3. The minimum absolute atomic E-state index is 0.0934. The Kier molecular flexibility index (Phi) is 5.61. The van der Waals surface area contributed by atoms with E-state index in [4.69, 9.17) is 11.6 Å². The number of nitrogens with zero attached hydrogens (tertiary/aromatic N) is 3. The summed E-state index contributed by atoms with van der Waals surface area (Å²) in [5.41, 5.74) is 6.64. The smallest absolute Gasteiger partial charge is 0.295 e. The summed E-state index contributed by atoms with van der Waals surface area (Å²) in [6, 6.07) is 19.5. The molecular formula is C25H23ClN4O. The Hall–Kier alpha value is -3.44. The first-order valence-electron chi connectivity index (χ1n) is 10.0. The molecule has 0 spiro atoms. The number of amides is 1. The molecule has 1 amide bonds. The largest absolute Gasteiger partial charge is 0.319 e. The molecule has 4 aromatic rings. The number of benzene rings is 3. The molecule has 1 aromatic heterocycles. The van der Waals surface area contributed by atoms with Gasteiger partial charge in [0.2, 0.25) is 5.82 Å². The number of carbonyl (C=O) groups excluding carboxylic acids is 1. The van der Waals surface area contributed by atoms with Crippen LogP contribution in [-0.4, -0.2) is 20.7 Å². The Morgan fingerprint density at radius 2 is 1.68 bits per heavy atom. The van der Waals surface area contributed by atoms with Crippen LogP contribution in [-0.2, 0) is 0 Å². The van der Waals surface area contributed by atoms with Crippen LogP contribution in [0.3, 0.4) is 0 Å². The fourth-order valence-electron chi connectivity index (χ4n) is 3.50. The number of hydrogen-bond donors (Lipinski definition) is 1. The standard InChI is InChI=1S/C25H23ClN4O/c1-15-6-5-7-19(13-15)24-28-23(25(31)27-21-14-20(26)10-9-17(21)3)29-30(24)22-11-8-16(2)12-18(22)4/h5-14H,1-4H3,(H,27,31). The zero-order valence-corrected chi connectivity index (χ0v) is 18.7. The Morgan fingerprint density at radius 1 is 0.903 bits per heavy atom. The third kappa shape index (κ3) is 4.37. The monoisotopic (exact) mass is 430 g/mol. The molecule has 0 saturated heterocycles. The molecular weight excluding hydrogens is 408 g/mol. The van der Waals surface area contributed by atoms with Crippen molar-refractivity contribution >= 4 is 23.2 Å². The highest BCUT2D eigenvalue weighted by Crippen LogP contribution is 2.26. The van der Waals surface area contributed by atoms with Crippen LogP contribution in [0.5, 0.6) is 0 Å². The summed E-state index contributed by atoms with van der Waals surface area (Å²) in [5, 5.41) is 8.02. The lowest BCUT2D eigenvalue weighted by molar-refractivity contribution is 0.101. The zero-order valence-electron chi connectivity index (χ0n) is 17.9. The van der Waals surface area contributed by atoms with E-state index in [-0.39, 0.29) is 11.7 Å². The van der Waals surface area contributed by atoms with Gasteiger partial charge in [-0.05, 0) is 63.1 Å². The van der Waals surface area contributed by atoms with Crippen LogP contribution in [0.4, 0.5) is 5.69 Å². The lowest BCUT2D eigenvalue weighted by Crippen LogP contribution is -2.15. The number of aromatic nitrogens is 3. The molecule has 3 aromatic carbocycles. The van der Waals surface area contributed by atoms with Crippen LogP contribution in [0.2, 0.25) is 5.02 Å². The van der Waals surface area contributed by atoms with E-state index in [9.17, 15) is 4.79 Å². The molecule has 1 heterocycles. The highest BCUT2D eigenvalue weighted by Gasteiger charge is 2.20. The molecule has 0 unspecified atom stereocenters. The van der Waals surface area contributed by atoms with Crippen LogP contribution >= 0.6 is 11.6 Å². The van der Waals surface area contributed by atoms with Gasteiger partial charge in [-0.15, -0.1) is 5.10 Å². The van der Waals surface area contributed by atoms with Gasteiger partial charge in [-0.25, -0.2) is 9.67 Å². The van der Waals surface area contributed by atoms with Gasteiger partial charge in [-0.3, -0.25) is 4.79 Å². The van der Waals surface area contributed by atoms with Crippen LogP contribution in [0.25, 0.3) is 17.1 Å². The Bertz CT molecular complexity index is 1290. The predicted octanol–water partition coefficient (Wildman–Crippen LogP) is 6.07. The Labute approximate surface area is 186 Å². The summed E-state index contributed by atoms with van der Waals surface area (Å²) in [6.07, 6.45) is 0. The van der Waals surface area contributed by atoms with Gasteiger partial charge in [0, 0.05) is 16.3 Å². The molecule has 0 aliphatic heterocycles. The summed E-state index contributed by atoms with van der Waals surface area (Å²) in [6.45, 7) is 8.01. The molecule has 0 saturated carbocycles. The fourth-order valence-corrected chi connectivity index (χ4v) is 3.67. The van der Waals surface area contributed by atoms with E-state index in [1.54, 1.807) is 16.8 Å². The first kappa shape index (κ1) is 20.8. The van der Waals surface area contributed by atoms with Crippen LogP contribution in [0.1, 0.15) is 32.9 Å². The highest BCUT2D eigenvalue weighted by atomic mass is 35.5. The van der Waals surface area contributed by atoms with Crippen molar-refractivity contribution in [2.75, 3.05) is 5.32 Å². The van der Waals surface area contributed by atoms with E-state index in [2.05, 4.69) is 21.5 Å². The molecule has 4 rings (SSSR count). The van der Waals surface area contributed by atoms with Crippen molar-refractivity contribution in [2.24, 2.45) is 0 Å². The molecule has 31 heavy (non-hydrogen) atoms. The predicted molar refractivity (Wildman–Crippen MR) is 125 cm³/mol. The van der Waals surface area contributed by atoms with Gasteiger partial charge >= 0.3 is 0 Å². The summed E-state index contributed by atoms with van der Waals surface area (Å²) >= 11 is 6.09. The maximum Gasteiger partial charge on any atom is 0.295 e. The molecule has 5 nitrogen and oxygen atoms in total. The average molecular weight is 431 g/mol. The van der Waals surface area contributed by atoms with Gasteiger partial charge in [0.1, 0.15) is 0 Å². The number of anilines is 1. The molecule has 1 N–H and O–H groups in total. The normalized spacial score (nSPS) is 10.9. The van der Waals surface area contributed by atoms with Crippen molar-refractivity contribution in [1.82, 2.24) is 14.8 Å². The molecule has 0 aliphatic carbocycles. The third-order valence-electron chi connectivity index (χ3n) is 5.11. The first-order chi connectivity index (χ1) is 14.8. The zero-order chi connectivity index (χ0) is 22.1. The number of nitrogens with one attached hydrogen (secondary N) is 1. The second-order valence-electron chi connectivity index (χ2n) is 7.74. The number of halogens is 1. The van der Waals surface area contributed by atoms with Crippen molar-refractivity contribution in [3.63, 3.8) is 0 Å². The molecule has 0 atom stereocenters. The fraction of sp³-hybridized carbons (Fsp3) is 0.160. The molecule has 0 fully saturated rings. The van der Waals surface area contributed by atoms with Gasteiger partial charge in [0.25, 0.3) is 5.91 Å². The second kappa shape index (κ2) is 8.36. The molecule has 0 bridgehead atoms. The Morgan fingerprint density at radius 3 is 2.42 bits per heavy atom. The summed E-state index contributed by atoms with van der Waals surface area (Å²) in [7, 11) is 0. The Balaban J connectivity index is 1.81. The second-order valence-corrected chi connectivity index (χ2v) is 8.18. The van der Waals surface area contributed by atoms with Crippen molar-refractivity contribution in [1.29, 1.82) is 0 Å². The lowest BCUT2D eigenvalue weighted by atomic mass is 10.1. The van der Waals surface area contributed by atoms with Gasteiger partial charge in [-0.1, -0.05) is 59.1 Å². The maximum absolute atomic E-state index is 13.0.